The van der Waals surface area contributed by atoms with Crippen molar-refractivity contribution in [2.45, 2.75) is 19.9 Å². The van der Waals surface area contributed by atoms with Gasteiger partial charge < -0.3 is 19.2 Å². The van der Waals surface area contributed by atoms with E-state index in [1.807, 2.05) is 38.1 Å². The van der Waals surface area contributed by atoms with Gasteiger partial charge >= 0.3 is 0 Å². The first-order valence-electron chi connectivity index (χ1n) is 8.76. The maximum Gasteiger partial charge on any atom is 0.287 e. The lowest BCUT2D eigenvalue weighted by Gasteiger charge is -2.21. The Balaban J connectivity index is 1.57. The fraction of sp³-hybridized carbons (Fsp3) is 0.238. The molecular weight excluding hydrogens is 346 g/mol. The van der Waals surface area contributed by atoms with Crippen molar-refractivity contribution in [3.05, 3.63) is 69.6 Å². The van der Waals surface area contributed by atoms with Crippen LogP contribution in [0.3, 0.4) is 0 Å². The SMILES string of the molecule is Cc1ccc2oc(C(=O)NC(C)c3ccc4c(c3)OCCO4)cc(=O)c2c1. The van der Waals surface area contributed by atoms with Crippen molar-refractivity contribution >= 4 is 16.9 Å². The van der Waals surface area contributed by atoms with E-state index >= 15 is 0 Å². The third-order valence-electron chi connectivity index (χ3n) is 4.52. The number of amides is 1. The molecule has 0 aliphatic carbocycles. The summed E-state index contributed by atoms with van der Waals surface area (Å²) in [5.41, 5.74) is 1.98. The molecule has 6 heteroatoms. The highest BCUT2D eigenvalue weighted by Gasteiger charge is 2.18. The first-order valence-corrected chi connectivity index (χ1v) is 8.76. The Bertz CT molecular complexity index is 1090. The van der Waals surface area contributed by atoms with E-state index in [0.717, 1.165) is 11.1 Å². The maximum atomic E-state index is 12.6. The zero-order valence-corrected chi connectivity index (χ0v) is 15.1. The van der Waals surface area contributed by atoms with Crippen LogP contribution >= 0.6 is 0 Å². The number of carbonyl (C=O) groups is 1. The Hall–Kier alpha value is -3.28. The Labute approximate surface area is 155 Å². The topological polar surface area (TPSA) is 77.8 Å². The van der Waals surface area contributed by atoms with Crippen molar-refractivity contribution in [3.8, 4) is 11.5 Å². The minimum Gasteiger partial charge on any atom is -0.486 e. The number of rotatable bonds is 3. The molecule has 3 aromatic rings. The van der Waals surface area contributed by atoms with Gasteiger partial charge in [0.05, 0.1) is 11.4 Å². The van der Waals surface area contributed by atoms with E-state index in [0.29, 0.717) is 35.7 Å². The van der Waals surface area contributed by atoms with Crippen LogP contribution in [0.25, 0.3) is 11.0 Å². The third-order valence-corrected chi connectivity index (χ3v) is 4.52. The number of fused-ring (bicyclic) bond motifs is 2. The van der Waals surface area contributed by atoms with Crippen molar-refractivity contribution in [1.82, 2.24) is 5.32 Å². The highest BCUT2D eigenvalue weighted by molar-refractivity contribution is 5.93. The predicted octanol–water partition coefficient (Wildman–Crippen LogP) is 3.36. The van der Waals surface area contributed by atoms with Crippen LogP contribution in [0, 0.1) is 6.92 Å². The third kappa shape index (κ3) is 3.38. The van der Waals surface area contributed by atoms with Gasteiger partial charge in [-0.05, 0) is 43.7 Å². The lowest BCUT2D eigenvalue weighted by molar-refractivity contribution is 0.0912. The molecule has 1 aromatic heterocycles. The first-order chi connectivity index (χ1) is 13.0. The largest absolute Gasteiger partial charge is 0.486 e. The van der Waals surface area contributed by atoms with Crippen LogP contribution in [0.4, 0.5) is 0 Å². The van der Waals surface area contributed by atoms with Crippen molar-refractivity contribution in [3.63, 3.8) is 0 Å². The van der Waals surface area contributed by atoms with Crippen LogP contribution in [-0.2, 0) is 0 Å². The van der Waals surface area contributed by atoms with E-state index in [1.165, 1.54) is 6.07 Å². The molecule has 4 rings (SSSR count). The van der Waals surface area contributed by atoms with Crippen molar-refractivity contribution in [2.75, 3.05) is 13.2 Å². The summed E-state index contributed by atoms with van der Waals surface area (Å²) in [5.74, 6) is 0.893. The molecule has 0 fully saturated rings. The van der Waals surface area contributed by atoms with Crippen LogP contribution in [0.1, 0.15) is 34.6 Å². The van der Waals surface area contributed by atoms with Crippen LogP contribution < -0.4 is 20.2 Å². The normalized spacial score (nSPS) is 14.0. The van der Waals surface area contributed by atoms with E-state index in [4.69, 9.17) is 13.9 Å². The second kappa shape index (κ2) is 6.79. The van der Waals surface area contributed by atoms with Gasteiger partial charge in [0.15, 0.2) is 22.7 Å². The van der Waals surface area contributed by atoms with Crippen molar-refractivity contribution < 1.29 is 18.7 Å². The molecule has 27 heavy (non-hydrogen) atoms. The minimum absolute atomic E-state index is 0.0132. The van der Waals surface area contributed by atoms with Gasteiger partial charge in [-0.2, -0.15) is 0 Å². The van der Waals surface area contributed by atoms with Crippen LogP contribution in [0.15, 0.2) is 51.7 Å². The van der Waals surface area contributed by atoms with Gasteiger partial charge in [0.2, 0.25) is 0 Å². The predicted molar refractivity (Wildman–Crippen MR) is 101 cm³/mol. The molecule has 0 spiro atoms. The van der Waals surface area contributed by atoms with Gasteiger partial charge in [0, 0.05) is 6.07 Å². The summed E-state index contributed by atoms with van der Waals surface area (Å²) >= 11 is 0. The summed E-state index contributed by atoms with van der Waals surface area (Å²) in [6.45, 7) is 4.78. The van der Waals surface area contributed by atoms with Gasteiger partial charge in [-0.25, -0.2) is 0 Å². The molecule has 0 bridgehead atoms. The molecule has 1 N–H and O–H groups in total. The number of benzene rings is 2. The second-order valence-electron chi connectivity index (χ2n) is 6.57. The molecule has 138 valence electrons. The summed E-state index contributed by atoms with van der Waals surface area (Å²) in [6.07, 6.45) is 0. The number of hydrogen-bond acceptors (Lipinski definition) is 5. The lowest BCUT2D eigenvalue weighted by Crippen LogP contribution is -2.27. The quantitative estimate of drug-likeness (QED) is 0.770. The number of carbonyl (C=O) groups excluding carboxylic acids is 1. The van der Waals surface area contributed by atoms with Gasteiger partial charge in [-0.15, -0.1) is 0 Å². The first kappa shape index (κ1) is 17.1. The molecule has 1 unspecified atom stereocenters. The highest BCUT2D eigenvalue weighted by Crippen LogP contribution is 2.32. The zero-order valence-electron chi connectivity index (χ0n) is 15.1. The molecule has 1 aliphatic rings. The lowest BCUT2D eigenvalue weighted by atomic mass is 10.1. The van der Waals surface area contributed by atoms with Crippen molar-refractivity contribution in [1.29, 1.82) is 0 Å². The standard InChI is InChI=1S/C21H19NO5/c1-12-3-5-17-15(9-12)16(23)11-20(27-17)21(24)22-13(2)14-4-6-18-19(10-14)26-8-7-25-18/h3-6,9-11,13H,7-8H2,1-2H3,(H,22,24). The van der Waals surface area contributed by atoms with Gasteiger partial charge in [0.25, 0.3) is 5.91 Å². The number of ether oxygens (including phenoxy) is 2. The molecule has 1 atom stereocenters. The van der Waals surface area contributed by atoms with E-state index in [-0.39, 0.29) is 17.2 Å². The van der Waals surface area contributed by atoms with E-state index in [9.17, 15) is 9.59 Å². The van der Waals surface area contributed by atoms with E-state index < -0.39 is 5.91 Å². The number of hydrogen-bond donors (Lipinski definition) is 1. The highest BCUT2D eigenvalue weighted by atomic mass is 16.6. The Kier molecular flexibility index (Phi) is 4.32. The second-order valence-corrected chi connectivity index (χ2v) is 6.57. The summed E-state index contributed by atoms with van der Waals surface area (Å²) in [5, 5.41) is 3.32. The summed E-state index contributed by atoms with van der Waals surface area (Å²) in [7, 11) is 0. The average Bonchev–Trinajstić information content (AvgIpc) is 2.68. The smallest absolute Gasteiger partial charge is 0.287 e. The number of nitrogens with one attached hydrogen (secondary N) is 1. The van der Waals surface area contributed by atoms with Crippen molar-refractivity contribution in [2.24, 2.45) is 0 Å². The molecule has 0 saturated heterocycles. The zero-order chi connectivity index (χ0) is 19.0. The minimum atomic E-state index is -0.447. The fourth-order valence-corrected chi connectivity index (χ4v) is 3.06. The van der Waals surface area contributed by atoms with Crippen LogP contribution in [0.2, 0.25) is 0 Å². The molecule has 1 aliphatic heterocycles. The molecule has 2 aromatic carbocycles. The number of aryl methyl sites for hydroxylation is 1. The Morgan fingerprint density at radius 3 is 2.63 bits per heavy atom. The molecule has 1 amide bonds. The molecule has 0 saturated carbocycles. The van der Waals surface area contributed by atoms with Gasteiger partial charge in [-0.3, -0.25) is 9.59 Å². The van der Waals surface area contributed by atoms with E-state index in [1.54, 1.807) is 12.1 Å². The van der Waals surface area contributed by atoms with E-state index in [2.05, 4.69) is 5.32 Å². The maximum absolute atomic E-state index is 12.6. The summed E-state index contributed by atoms with van der Waals surface area (Å²) in [6, 6.07) is 11.8. The Morgan fingerprint density at radius 1 is 1.04 bits per heavy atom. The molecule has 0 radical (unpaired) electrons. The molecule has 6 nitrogen and oxygen atoms in total. The van der Waals surface area contributed by atoms with Crippen LogP contribution in [-0.4, -0.2) is 19.1 Å². The fourth-order valence-electron chi connectivity index (χ4n) is 3.06. The summed E-state index contributed by atoms with van der Waals surface area (Å²) in [4.78, 5) is 24.9. The Morgan fingerprint density at radius 2 is 1.81 bits per heavy atom. The average molecular weight is 365 g/mol. The molecule has 2 heterocycles. The molecular formula is C21H19NO5. The van der Waals surface area contributed by atoms with Gasteiger partial charge in [-0.1, -0.05) is 17.7 Å². The summed E-state index contributed by atoms with van der Waals surface area (Å²) < 4.78 is 16.7. The van der Waals surface area contributed by atoms with Crippen LogP contribution in [0.5, 0.6) is 11.5 Å². The monoisotopic (exact) mass is 365 g/mol. The van der Waals surface area contributed by atoms with Gasteiger partial charge in [0.1, 0.15) is 18.8 Å².